The van der Waals surface area contributed by atoms with E-state index in [2.05, 4.69) is 21.8 Å². The van der Waals surface area contributed by atoms with Crippen LogP contribution in [0.15, 0.2) is 48.7 Å². The number of likely N-dealkylation sites (tertiary alicyclic amines) is 1. The molecule has 2 heterocycles. The van der Waals surface area contributed by atoms with Crippen molar-refractivity contribution in [3.63, 3.8) is 0 Å². The molecule has 168 valence electrons. The fraction of sp³-hybridized carbons (Fsp3) is 0.333. The van der Waals surface area contributed by atoms with Crippen LogP contribution in [-0.4, -0.2) is 48.6 Å². The molecular formula is C24H27FN4O3. The van der Waals surface area contributed by atoms with Crippen molar-refractivity contribution < 1.29 is 18.7 Å². The van der Waals surface area contributed by atoms with E-state index < -0.39 is 6.03 Å². The number of nitrogens with one attached hydrogen (secondary N) is 3. The zero-order valence-electron chi connectivity index (χ0n) is 18.0. The summed E-state index contributed by atoms with van der Waals surface area (Å²) in [6.45, 7) is 1.52. The molecule has 0 radical (unpaired) electrons. The Labute approximate surface area is 185 Å². The van der Waals surface area contributed by atoms with Crippen molar-refractivity contribution >= 4 is 22.8 Å². The number of aromatic amines is 1. The van der Waals surface area contributed by atoms with Crippen molar-refractivity contribution in [2.75, 3.05) is 26.7 Å². The van der Waals surface area contributed by atoms with Gasteiger partial charge in [-0.15, -0.1) is 0 Å². The SMILES string of the molecule is COc1ccc2[nH]cc(C3CCN(C(=O)CNC(=O)NCc4ccc(F)cc4)CC3)c2c1. The number of rotatable bonds is 6. The minimum absolute atomic E-state index is 0.0514. The van der Waals surface area contributed by atoms with Crippen LogP contribution < -0.4 is 15.4 Å². The average molecular weight is 439 g/mol. The van der Waals surface area contributed by atoms with E-state index in [1.165, 1.54) is 17.7 Å². The third kappa shape index (κ3) is 5.01. The lowest BCUT2D eigenvalue weighted by Gasteiger charge is -2.32. The van der Waals surface area contributed by atoms with Crippen LogP contribution in [0.4, 0.5) is 9.18 Å². The van der Waals surface area contributed by atoms with Gasteiger partial charge in [-0.05, 0) is 60.2 Å². The lowest BCUT2D eigenvalue weighted by atomic mass is 9.89. The highest BCUT2D eigenvalue weighted by atomic mass is 19.1. The number of urea groups is 1. The summed E-state index contributed by atoms with van der Waals surface area (Å²) >= 11 is 0. The second-order valence-corrected chi connectivity index (χ2v) is 7.97. The van der Waals surface area contributed by atoms with Crippen molar-refractivity contribution in [2.24, 2.45) is 0 Å². The molecule has 0 spiro atoms. The topological polar surface area (TPSA) is 86.5 Å². The van der Waals surface area contributed by atoms with Crippen molar-refractivity contribution in [3.8, 4) is 5.75 Å². The Hall–Kier alpha value is -3.55. The summed E-state index contributed by atoms with van der Waals surface area (Å²) in [5, 5.41) is 6.44. The van der Waals surface area contributed by atoms with Gasteiger partial charge >= 0.3 is 6.03 Å². The van der Waals surface area contributed by atoms with Gasteiger partial charge in [0.1, 0.15) is 11.6 Å². The summed E-state index contributed by atoms with van der Waals surface area (Å²) < 4.78 is 18.3. The van der Waals surface area contributed by atoms with Gasteiger partial charge in [-0.3, -0.25) is 4.79 Å². The van der Waals surface area contributed by atoms with Gasteiger partial charge in [0.25, 0.3) is 0 Å². The number of carbonyl (C=O) groups is 2. The zero-order valence-corrected chi connectivity index (χ0v) is 18.0. The van der Waals surface area contributed by atoms with E-state index in [1.807, 2.05) is 18.2 Å². The van der Waals surface area contributed by atoms with Gasteiger partial charge < -0.3 is 25.3 Å². The number of amides is 3. The van der Waals surface area contributed by atoms with Crippen LogP contribution in [0.1, 0.15) is 29.9 Å². The molecule has 3 amide bonds. The number of ether oxygens (including phenoxy) is 1. The fourth-order valence-corrected chi connectivity index (χ4v) is 4.14. The molecule has 0 bridgehead atoms. The minimum atomic E-state index is -0.426. The fourth-order valence-electron chi connectivity index (χ4n) is 4.14. The number of H-pyrrole nitrogens is 1. The van der Waals surface area contributed by atoms with E-state index in [-0.39, 0.29) is 24.8 Å². The van der Waals surface area contributed by atoms with E-state index in [0.717, 1.165) is 35.1 Å². The summed E-state index contributed by atoms with van der Waals surface area (Å²) in [6, 6.07) is 11.5. The van der Waals surface area contributed by atoms with E-state index in [1.54, 1.807) is 24.1 Å². The predicted molar refractivity (Wildman–Crippen MR) is 120 cm³/mol. The molecule has 4 rings (SSSR count). The molecule has 32 heavy (non-hydrogen) atoms. The first-order valence-corrected chi connectivity index (χ1v) is 10.7. The maximum Gasteiger partial charge on any atom is 0.315 e. The first-order chi connectivity index (χ1) is 15.5. The molecule has 3 aromatic rings. The summed E-state index contributed by atoms with van der Waals surface area (Å²) in [5.74, 6) is 0.777. The lowest BCUT2D eigenvalue weighted by Crippen LogP contribution is -2.45. The van der Waals surface area contributed by atoms with Gasteiger partial charge in [0.05, 0.1) is 13.7 Å². The Bertz CT molecular complexity index is 1090. The molecular weight excluding hydrogens is 411 g/mol. The smallest absolute Gasteiger partial charge is 0.315 e. The Balaban J connectivity index is 1.24. The normalized spacial score (nSPS) is 14.4. The third-order valence-corrected chi connectivity index (χ3v) is 5.97. The molecule has 1 fully saturated rings. The highest BCUT2D eigenvalue weighted by Gasteiger charge is 2.25. The second kappa shape index (κ2) is 9.72. The number of hydrogen-bond donors (Lipinski definition) is 3. The van der Waals surface area contributed by atoms with E-state index >= 15 is 0 Å². The van der Waals surface area contributed by atoms with Crippen LogP contribution in [0.2, 0.25) is 0 Å². The number of hydrogen-bond acceptors (Lipinski definition) is 3. The first kappa shape index (κ1) is 21.7. The maximum absolute atomic E-state index is 12.9. The standard InChI is InChI=1S/C24H27FN4O3/c1-32-19-6-7-22-20(12-19)21(14-26-22)17-8-10-29(11-9-17)23(30)15-28-24(31)27-13-16-2-4-18(25)5-3-16/h2-7,12,14,17,26H,8-11,13,15H2,1H3,(H2,27,28,31). The number of benzene rings is 2. The highest BCUT2D eigenvalue weighted by Crippen LogP contribution is 2.34. The number of aromatic nitrogens is 1. The summed E-state index contributed by atoms with van der Waals surface area (Å²) in [7, 11) is 1.66. The second-order valence-electron chi connectivity index (χ2n) is 7.97. The summed E-state index contributed by atoms with van der Waals surface area (Å²) in [4.78, 5) is 29.6. The Morgan fingerprint density at radius 3 is 2.59 bits per heavy atom. The molecule has 0 unspecified atom stereocenters. The average Bonchev–Trinajstić information content (AvgIpc) is 3.25. The molecule has 0 aliphatic carbocycles. The first-order valence-electron chi connectivity index (χ1n) is 10.7. The molecule has 1 aromatic heterocycles. The molecule has 1 aliphatic heterocycles. The molecule has 0 atom stereocenters. The van der Waals surface area contributed by atoms with Gasteiger partial charge in [-0.25, -0.2) is 9.18 Å². The molecule has 1 aliphatic rings. The van der Waals surface area contributed by atoms with Crippen LogP contribution >= 0.6 is 0 Å². The number of piperidine rings is 1. The number of carbonyl (C=O) groups excluding carboxylic acids is 2. The highest BCUT2D eigenvalue weighted by molar-refractivity contribution is 5.86. The van der Waals surface area contributed by atoms with Crippen LogP contribution in [0.25, 0.3) is 10.9 Å². The van der Waals surface area contributed by atoms with E-state index in [0.29, 0.717) is 19.0 Å². The van der Waals surface area contributed by atoms with Gasteiger partial charge in [0.2, 0.25) is 5.91 Å². The van der Waals surface area contributed by atoms with Crippen LogP contribution in [-0.2, 0) is 11.3 Å². The Kier molecular flexibility index (Phi) is 6.58. The summed E-state index contributed by atoms with van der Waals surface area (Å²) in [5.41, 5.74) is 3.12. The monoisotopic (exact) mass is 438 g/mol. The van der Waals surface area contributed by atoms with Gasteiger partial charge in [-0.2, -0.15) is 0 Å². The number of halogens is 1. The van der Waals surface area contributed by atoms with Crippen molar-refractivity contribution in [3.05, 3.63) is 65.6 Å². The largest absolute Gasteiger partial charge is 0.497 e. The number of fused-ring (bicyclic) bond motifs is 1. The zero-order chi connectivity index (χ0) is 22.5. The number of methoxy groups -OCH3 is 1. The molecule has 1 saturated heterocycles. The van der Waals surface area contributed by atoms with Gasteiger partial charge in [0.15, 0.2) is 0 Å². The molecule has 0 saturated carbocycles. The maximum atomic E-state index is 12.9. The third-order valence-electron chi connectivity index (χ3n) is 5.97. The van der Waals surface area contributed by atoms with Crippen LogP contribution in [0, 0.1) is 5.82 Å². The predicted octanol–water partition coefficient (Wildman–Crippen LogP) is 3.52. The Morgan fingerprint density at radius 2 is 1.88 bits per heavy atom. The van der Waals surface area contributed by atoms with Gasteiger partial charge in [0, 0.05) is 36.7 Å². The number of nitrogens with zero attached hydrogens (tertiary/aromatic N) is 1. The molecule has 3 N–H and O–H groups in total. The summed E-state index contributed by atoms with van der Waals surface area (Å²) in [6.07, 6.45) is 3.79. The molecule has 8 heteroatoms. The van der Waals surface area contributed by atoms with Crippen LogP contribution in [0.3, 0.4) is 0 Å². The van der Waals surface area contributed by atoms with Crippen molar-refractivity contribution in [2.45, 2.75) is 25.3 Å². The van der Waals surface area contributed by atoms with E-state index in [9.17, 15) is 14.0 Å². The van der Waals surface area contributed by atoms with Crippen LogP contribution in [0.5, 0.6) is 5.75 Å². The minimum Gasteiger partial charge on any atom is -0.497 e. The molecule has 2 aromatic carbocycles. The lowest BCUT2D eigenvalue weighted by molar-refractivity contribution is -0.131. The quantitative estimate of drug-likeness (QED) is 0.550. The molecule has 7 nitrogen and oxygen atoms in total. The Morgan fingerprint density at radius 1 is 1.12 bits per heavy atom. The van der Waals surface area contributed by atoms with Crippen molar-refractivity contribution in [1.82, 2.24) is 20.5 Å². The van der Waals surface area contributed by atoms with Crippen molar-refractivity contribution in [1.29, 1.82) is 0 Å². The van der Waals surface area contributed by atoms with Gasteiger partial charge in [-0.1, -0.05) is 12.1 Å². The van der Waals surface area contributed by atoms with E-state index in [4.69, 9.17) is 4.74 Å².